The smallest absolute Gasteiger partial charge is 0.0675 e. The first-order valence-corrected chi connectivity index (χ1v) is 4.99. The number of benzene rings is 1. The monoisotopic (exact) mass is 188 g/mol. The SMILES string of the molecule is CCCC(C#N)C(N)c1ccccc1. The molecule has 0 heterocycles. The molecule has 14 heavy (non-hydrogen) atoms. The van der Waals surface area contributed by atoms with Crippen LogP contribution in [0.3, 0.4) is 0 Å². The number of rotatable bonds is 4. The van der Waals surface area contributed by atoms with E-state index in [1.54, 1.807) is 0 Å². The van der Waals surface area contributed by atoms with Crippen molar-refractivity contribution in [1.82, 2.24) is 0 Å². The molecule has 2 nitrogen and oxygen atoms in total. The molecule has 2 unspecified atom stereocenters. The van der Waals surface area contributed by atoms with E-state index in [4.69, 9.17) is 11.0 Å². The van der Waals surface area contributed by atoms with Crippen molar-refractivity contribution in [1.29, 1.82) is 5.26 Å². The molecule has 0 saturated heterocycles. The van der Waals surface area contributed by atoms with Gasteiger partial charge >= 0.3 is 0 Å². The van der Waals surface area contributed by atoms with Crippen LogP contribution < -0.4 is 5.73 Å². The van der Waals surface area contributed by atoms with Crippen LogP contribution >= 0.6 is 0 Å². The Morgan fingerprint density at radius 1 is 1.36 bits per heavy atom. The van der Waals surface area contributed by atoms with Crippen LogP contribution in [0.2, 0.25) is 0 Å². The largest absolute Gasteiger partial charge is 0.323 e. The van der Waals surface area contributed by atoms with Crippen molar-refractivity contribution < 1.29 is 0 Å². The van der Waals surface area contributed by atoms with E-state index in [0.29, 0.717) is 0 Å². The average molecular weight is 188 g/mol. The minimum atomic E-state index is -0.152. The third kappa shape index (κ3) is 2.58. The molecule has 2 atom stereocenters. The van der Waals surface area contributed by atoms with Gasteiger partial charge in [-0.25, -0.2) is 0 Å². The molecular weight excluding hydrogens is 172 g/mol. The second-order valence-corrected chi connectivity index (χ2v) is 3.46. The van der Waals surface area contributed by atoms with Gasteiger partial charge in [-0.1, -0.05) is 43.7 Å². The van der Waals surface area contributed by atoms with Gasteiger partial charge in [-0.3, -0.25) is 0 Å². The second-order valence-electron chi connectivity index (χ2n) is 3.46. The summed E-state index contributed by atoms with van der Waals surface area (Å²) in [6.07, 6.45) is 1.87. The van der Waals surface area contributed by atoms with E-state index in [1.165, 1.54) is 0 Å². The van der Waals surface area contributed by atoms with Crippen LogP contribution in [0.4, 0.5) is 0 Å². The fraction of sp³-hybridized carbons (Fsp3) is 0.417. The predicted molar refractivity (Wildman–Crippen MR) is 57.4 cm³/mol. The number of hydrogen-bond acceptors (Lipinski definition) is 2. The molecule has 0 aliphatic carbocycles. The molecule has 2 heteroatoms. The topological polar surface area (TPSA) is 49.8 Å². The van der Waals surface area contributed by atoms with E-state index in [-0.39, 0.29) is 12.0 Å². The summed E-state index contributed by atoms with van der Waals surface area (Å²) in [6.45, 7) is 2.07. The first-order valence-electron chi connectivity index (χ1n) is 4.99. The van der Waals surface area contributed by atoms with Crippen LogP contribution in [0.1, 0.15) is 31.4 Å². The summed E-state index contributed by atoms with van der Waals surface area (Å²) < 4.78 is 0. The Labute approximate surface area is 85.4 Å². The number of nitrogens with two attached hydrogens (primary N) is 1. The molecular formula is C12H16N2. The highest BCUT2D eigenvalue weighted by Crippen LogP contribution is 2.22. The third-order valence-corrected chi connectivity index (χ3v) is 2.38. The van der Waals surface area contributed by atoms with Gasteiger partial charge in [-0.2, -0.15) is 5.26 Å². The van der Waals surface area contributed by atoms with E-state index in [0.717, 1.165) is 18.4 Å². The molecule has 1 aromatic carbocycles. The molecule has 0 aliphatic heterocycles. The van der Waals surface area contributed by atoms with Crippen LogP contribution in [0.5, 0.6) is 0 Å². The first-order chi connectivity index (χ1) is 6.79. The zero-order valence-corrected chi connectivity index (χ0v) is 8.48. The lowest BCUT2D eigenvalue weighted by molar-refractivity contribution is 0.490. The first kappa shape index (κ1) is 10.7. The lowest BCUT2D eigenvalue weighted by Gasteiger charge is -2.17. The molecule has 1 aromatic rings. The molecule has 0 fully saturated rings. The molecule has 1 rings (SSSR count). The van der Waals surface area contributed by atoms with Crippen LogP contribution in [0.15, 0.2) is 30.3 Å². The van der Waals surface area contributed by atoms with Crippen LogP contribution in [-0.2, 0) is 0 Å². The molecule has 0 aromatic heterocycles. The van der Waals surface area contributed by atoms with Crippen molar-refractivity contribution in [3.8, 4) is 6.07 Å². The van der Waals surface area contributed by atoms with E-state index >= 15 is 0 Å². The van der Waals surface area contributed by atoms with Gasteiger partial charge < -0.3 is 5.73 Å². The Hall–Kier alpha value is -1.33. The minimum Gasteiger partial charge on any atom is -0.323 e. The Kier molecular flexibility index (Phi) is 4.15. The molecule has 0 amide bonds. The Bertz CT molecular complexity index is 300. The zero-order chi connectivity index (χ0) is 10.4. The number of hydrogen-bond donors (Lipinski definition) is 1. The summed E-state index contributed by atoms with van der Waals surface area (Å²) in [5, 5.41) is 8.96. The second kappa shape index (κ2) is 5.41. The maximum Gasteiger partial charge on any atom is 0.0675 e. The lowest BCUT2D eigenvalue weighted by Crippen LogP contribution is -2.20. The molecule has 0 aliphatic rings. The molecule has 74 valence electrons. The van der Waals surface area contributed by atoms with Crippen molar-refractivity contribution in [3.05, 3.63) is 35.9 Å². The average Bonchev–Trinajstić information content (AvgIpc) is 2.26. The van der Waals surface area contributed by atoms with Crippen LogP contribution in [0, 0.1) is 17.2 Å². The van der Waals surface area contributed by atoms with Crippen molar-refractivity contribution >= 4 is 0 Å². The molecule has 2 N–H and O–H groups in total. The maximum atomic E-state index is 8.96. The van der Waals surface area contributed by atoms with Gasteiger partial charge in [-0.05, 0) is 12.0 Å². The van der Waals surface area contributed by atoms with Gasteiger partial charge in [0.05, 0.1) is 12.0 Å². The number of nitrogens with zero attached hydrogens (tertiary/aromatic N) is 1. The molecule has 0 radical (unpaired) electrons. The van der Waals surface area contributed by atoms with Gasteiger partial charge in [0.25, 0.3) is 0 Å². The Balaban J connectivity index is 2.74. The summed E-state index contributed by atoms with van der Waals surface area (Å²) in [5.74, 6) is -0.0672. The summed E-state index contributed by atoms with van der Waals surface area (Å²) in [5.41, 5.74) is 7.06. The fourth-order valence-electron chi connectivity index (χ4n) is 1.54. The van der Waals surface area contributed by atoms with Crippen molar-refractivity contribution in [2.24, 2.45) is 11.7 Å². The molecule has 0 saturated carbocycles. The lowest BCUT2D eigenvalue weighted by atomic mass is 9.91. The van der Waals surface area contributed by atoms with Gasteiger partial charge in [-0.15, -0.1) is 0 Å². The predicted octanol–water partition coefficient (Wildman–Crippen LogP) is 2.63. The summed E-state index contributed by atoms with van der Waals surface area (Å²) in [7, 11) is 0. The summed E-state index contributed by atoms with van der Waals surface area (Å²) >= 11 is 0. The quantitative estimate of drug-likeness (QED) is 0.789. The van der Waals surface area contributed by atoms with Gasteiger partial charge in [0.2, 0.25) is 0 Å². The highest BCUT2D eigenvalue weighted by Gasteiger charge is 2.17. The standard InChI is InChI=1S/C12H16N2/c1-2-6-11(9-13)12(14)10-7-4-3-5-8-10/h3-5,7-8,11-12H,2,6,14H2,1H3. The van der Waals surface area contributed by atoms with Crippen molar-refractivity contribution in [2.75, 3.05) is 0 Å². The van der Waals surface area contributed by atoms with Crippen molar-refractivity contribution in [2.45, 2.75) is 25.8 Å². The molecule has 0 spiro atoms. The highest BCUT2D eigenvalue weighted by molar-refractivity contribution is 5.20. The number of nitriles is 1. The summed E-state index contributed by atoms with van der Waals surface area (Å²) in [4.78, 5) is 0. The third-order valence-electron chi connectivity index (χ3n) is 2.38. The fourth-order valence-corrected chi connectivity index (χ4v) is 1.54. The summed E-state index contributed by atoms with van der Waals surface area (Å²) in [6, 6.07) is 11.9. The van der Waals surface area contributed by atoms with Gasteiger partial charge in [0, 0.05) is 6.04 Å². The highest BCUT2D eigenvalue weighted by atomic mass is 14.6. The minimum absolute atomic E-state index is 0.0672. The van der Waals surface area contributed by atoms with E-state index in [1.807, 2.05) is 30.3 Å². The van der Waals surface area contributed by atoms with E-state index in [9.17, 15) is 0 Å². The van der Waals surface area contributed by atoms with E-state index in [2.05, 4.69) is 13.0 Å². The van der Waals surface area contributed by atoms with Gasteiger partial charge in [0.1, 0.15) is 0 Å². The Morgan fingerprint density at radius 3 is 2.50 bits per heavy atom. The molecule has 0 bridgehead atoms. The Morgan fingerprint density at radius 2 is 2.00 bits per heavy atom. The maximum absolute atomic E-state index is 8.96. The van der Waals surface area contributed by atoms with E-state index < -0.39 is 0 Å². The normalized spacial score (nSPS) is 14.4. The van der Waals surface area contributed by atoms with Crippen molar-refractivity contribution in [3.63, 3.8) is 0 Å². The van der Waals surface area contributed by atoms with Gasteiger partial charge in [0.15, 0.2) is 0 Å². The van der Waals surface area contributed by atoms with Crippen LogP contribution in [0.25, 0.3) is 0 Å². The zero-order valence-electron chi connectivity index (χ0n) is 8.48. The van der Waals surface area contributed by atoms with Crippen LogP contribution in [-0.4, -0.2) is 0 Å².